The first-order chi connectivity index (χ1) is 9.99. The number of nitrogens with zero attached hydrogens (tertiary/aromatic N) is 1. The summed E-state index contributed by atoms with van der Waals surface area (Å²) in [5.74, 6) is 1.67. The Balaban J connectivity index is 0.00000441. The molecule has 5 nitrogen and oxygen atoms in total. The van der Waals surface area contributed by atoms with Gasteiger partial charge in [-0.3, -0.25) is 4.99 Å². The number of benzene rings is 1. The number of hydrogen-bond donors (Lipinski definition) is 3. The minimum absolute atomic E-state index is 0. The minimum Gasteiger partial charge on any atom is -0.490 e. The highest BCUT2D eigenvalue weighted by Gasteiger charge is 2.06. The Morgan fingerprint density at radius 3 is 2.73 bits per heavy atom. The van der Waals surface area contributed by atoms with E-state index in [-0.39, 0.29) is 37.1 Å². The Morgan fingerprint density at radius 2 is 2.09 bits per heavy atom. The molecular formula is C15H25BrIN3O2. The zero-order chi connectivity index (χ0) is 15.7. The smallest absolute Gasteiger partial charge is 0.188 e. The number of para-hydroxylation sites is 1. The fourth-order valence-electron chi connectivity index (χ4n) is 1.55. The molecule has 0 aromatic heterocycles. The van der Waals surface area contributed by atoms with Gasteiger partial charge in [0.1, 0.15) is 18.5 Å². The molecular weight excluding hydrogens is 461 g/mol. The zero-order valence-corrected chi connectivity index (χ0v) is 16.9. The molecule has 1 atom stereocenters. The van der Waals surface area contributed by atoms with Gasteiger partial charge in [-0.1, -0.05) is 26.0 Å². The topological polar surface area (TPSA) is 79.9 Å². The van der Waals surface area contributed by atoms with Gasteiger partial charge >= 0.3 is 0 Å². The summed E-state index contributed by atoms with van der Waals surface area (Å²) in [4.78, 5) is 4.10. The molecule has 0 bridgehead atoms. The third-order valence-electron chi connectivity index (χ3n) is 2.77. The molecule has 0 aliphatic carbocycles. The van der Waals surface area contributed by atoms with Crippen molar-refractivity contribution < 1.29 is 9.84 Å². The molecule has 1 aromatic rings. The van der Waals surface area contributed by atoms with Crippen molar-refractivity contribution in [1.82, 2.24) is 5.32 Å². The Morgan fingerprint density at radius 1 is 1.41 bits per heavy atom. The second-order valence-electron chi connectivity index (χ2n) is 5.23. The van der Waals surface area contributed by atoms with Crippen LogP contribution in [0, 0.1) is 5.92 Å². The molecule has 0 fully saturated rings. The van der Waals surface area contributed by atoms with Crippen molar-refractivity contribution in [2.45, 2.75) is 26.4 Å². The van der Waals surface area contributed by atoms with Crippen LogP contribution in [0.15, 0.2) is 33.7 Å². The molecule has 0 saturated carbocycles. The molecule has 22 heavy (non-hydrogen) atoms. The number of halogens is 2. The van der Waals surface area contributed by atoms with Gasteiger partial charge in [-0.2, -0.15) is 0 Å². The molecule has 0 radical (unpaired) electrons. The lowest BCUT2D eigenvalue weighted by molar-refractivity contribution is 0.114. The molecule has 0 spiro atoms. The van der Waals surface area contributed by atoms with Crippen LogP contribution in [0.1, 0.15) is 20.3 Å². The second-order valence-corrected chi connectivity index (χ2v) is 6.08. The maximum Gasteiger partial charge on any atom is 0.188 e. The fraction of sp³-hybridized carbons (Fsp3) is 0.533. The molecule has 0 aliphatic heterocycles. The van der Waals surface area contributed by atoms with Gasteiger partial charge in [-0.15, -0.1) is 24.0 Å². The molecule has 0 saturated heterocycles. The SMILES string of the molecule is CC(C)CCNC(N)=NCC(O)COc1ccccc1Br.I. The average Bonchev–Trinajstić information content (AvgIpc) is 2.44. The third kappa shape index (κ3) is 9.47. The molecule has 1 rings (SSSR count). The lowest BCUT2D eigenvalue weighted by Crippen LogP contribution is -2.34. The standard InChI is InChI=1S/C15H24BrN3O2.HI/c1-11(2)7-8-18-15(17)19-9-12(20)10-21-14-6-4-3-5-13(14)16;/h3-6,11-12,20H,7-10H2,1-2H3,(H3,17,18,19);1H. The maximum absolute atomic E-state index is 9.83. The van der Waals surface area contributed by atoms with Crippen molar-refractivity contribution in [3.8, 4) is 5.75 Å². The first-order valence-electron chi connectivity index (χ1n) is 7.08. The Labute approximate surface area is 157 Å². The van der Waals surface area contributed by atoms with E-state index in [1.165, 1.54) is 0 Å². The number of nitrogens with two attached hydrogens (primary N) is 1. The van der Waals surface area contributed by atoms with Gasteiger partial charge in [0, 0.05) is 6.54 Å². The number of aliphatic hydroxyl groups excluding tert-OH is 1. The predicted molar refractivity (Wildman–Crippen MR) is 105 cm³/mol. The number of hydrogen-bond acceptors (Lipinski definition) is 3. The molecule has 1 aromatic carbocycles. The van der Waals surface area contributed by atoms with E-state index < -0.39 is 6.10 Å². The highest BCUT2D eigenvalue weighted by atomic mass is 127. The summed E-state index contributed by atoms with van der Waals surface area (Å²) >= 11 is 3.38. The van der Waals surface area contributed by atoms with Crippen LogP contribution in [-0.2, 0) is 0 Å². The van der Waals surface area contributed by atoms with E-state index in [4.69, 9.17) is 10.5 Å². The van der Waals surface area contributed by atoms with Crippen molar-refractivity contribution in [2.75, 3.05) is 19.7 Å². The Bertz CT molecular complexity index is 458. The van der Waals surface area contributed by atoms with E-state index in [9.17, 15) is 5.11 Å². The quantitative estimate of drug-likeness (QED) is 0.300. The number of ether oxygens (including phenoxy) is 1. The highest BCUT2D eigenvalue weighted by molar-refractivity contribution is 14.0. The van der Waals surface area contributed by atoms with E-state index in [1.807, 2.05) is 24.3 Å². The molecule has 0 amide bonds. The Hall–Kier alpha value is -0.540. The molecule has 0 heterocycles. The highest BCUT2D eigenvalue weighted by Crippen LogP contribution is 2.23. The number of nitrogens with one attached hydrogen (secondary N) is 1. The monoisotopic (exact) mass is 485 g/mol. The minimum atomic E-state index is -0.692. The molecule has 126 valence electrons. The third-order valence-corrected chi connectivity index (χ3v) is 3.42. The van der Waals surface area contributed by atoms with Crippen molar-refractivity contribution >= 4 is 45.9 Å². The zero-order valence-electron chi connectivity index (χ0n) is 13.0. The van der Waals surface area contributed by atoms with Gasteiger partial charge in [0.05, 0.1) is 11.0 Å². The predicted octanol–water partition coefficient (Wildman–Crippen LogP) is 2.76. The summed E-state index contributed by atoms with van der Waals surface area (Å²) in [6.45, 7) is 5.47. The van der Waals surface area contributed by atoms with Gasteiger partial charge < -0.3 is 20.9 Å². The molecule has 1 unspecified atom stereocenters. The van der Waals surface area contributed by atoms with Crippen LogP contribution in [0.5, 0.6) is 5.75 Å². The van der Waals surface area contributed by atoms with Crippen molar-refractivity contribution in [3.05, 3.63) is 28.7 Å². The number of rotatable bonds is 8. The molecule has 0 aliphatic rings. The van der Waals surface area contributed by atoms with Crippen LogP contribution in [0.2, 0.25) is 0 Å². The van der Waals surface area contributed by atoms with Gasteiger partial charge in [0.15, 0.2) is 5.96 Å². The van der Waals surface area contributed by atoms with Gasteiger partial charge in [0.25, 0.3) is 0 Å². The van der Waals surface area contributed by atoms with E-state index in [0.29, 0.717) is 17.6 Å². The van der Waals surface area contributed by atoms with Gasteiger partial charge in [0.2, 0.25) is 0 Å². The second kappa shape index (κ2) is 12.0. The van der Waals surface area contributed by atoms with E-state index >= 15 is 0 Å². The van der Waals surface area contributed by atoms with Crippen LogP contribution in [-0.4, -0.2) is 36.9 Å². The molecule has 4 N–H and O–H groups in total. The summed E-state index contributed by atoms with van der Waals surface area (Å²) in [6.07, 6.45) is 0.340. The number of aliphatic imine (C=N–C) groups is 1. The van der Waals surface area contributed by atoms with Crippen molar-refractivity contribution in [3.63, 3.8) is 0 Å². The summed E-state index contributed by atoms with van der Waals surface area (Å²) in [6, 6.07) is 7.50. The van der Waals surface area contributed by atoms with Crippen LogP contribution >= 0.6 is 39.9 Å². The van der Waals surface area contributed by atoms with Crippen LogP contribution in [0.3, 0.4) is 0 Å². The summed E-state index contributed by atoms with van der Waals surface area (Å²) in [7, 11) is 0. The first-order valence-corrected chi connectivity index (χ1v) is 7.87. The van der Waals surface area contributed by atoms with Crippen molar-refractivity contribution in [2.24, 2.45) is 16.6 Å². The van der Waals surface area contributed by atoms with E-state index in [0.717, 1.165) is 17.4 Å². The summed E-state index contributed by atoms with van der Waals surface area (Å²) in [5.41, 5.74) is 5.72. The van der Waals surface area contributed by atoms with E-state index in [2.05, 4.69) is 40.1 Å². The normalized spacial score (nSPS) is 12.7. The fourth-order valence-corrected chi connectivity index (χ4v) is 1.95. The number of aliphatic hydroxyl groups is 1. The summed E-state index contributed by atoms with van der Waals surface area (Å²) in [5, 5.41) is 12.9. The summed E-state index contributed by atoms with van der Waals surface area (Å²) < 4.78 is 6.37. The van der Waals surface area contributed by atoms with Crippen LogP contribution in [0.4, 0.5) is 0 Å². The largest absolute Gasteiger partial charge is 0.490 e. The lowest BCUT2D eigenvalue weighted by atomic mass is 10.1. The average molecular weight is 486 g/mol. The van der Waals surface area contributed by atoms with Gasteiger partial charge in [-0.25, -0.2) is 0 Å². The van der Waals surface area contributed by atoms with Crippen LogP contribution < -0.4 is 15.8 Å². The van der Waals surface area contributed by atoms with Crippen molar-refractivity contribution in [1.29, 1.82) is 0 Å². The maximum atomic E-state index is 9.83. The Kier molecular flexibility index (Phi) is 11.7. The first kappa shape index (κ1) is 21.5. The van der Waals surface area contributed by atoms with Crippen LogP contribution in [0.25, 0.3) is 0 Å². The van der Waals surface area contributed by atoms with E-state index in [1.54, 1.807) is 0 Å². The number of guanidine groups is 1. The molecule has 7 heteroatoms. The lowest BCUT2D eigenvalue weighted by Gasteiger charge is -2.12. The van der Waals surface area contributed by atoms with Gasteiger partial charge in [-0.05, 0) is 40.4 Å².